The molecule has 0 heterocycles. The lowest BCUT2D eigenvalue weighted by Gasteiger charge is -2.10. The Hall–Kier alpha value is -1.79. The van der Waals surface area contributed by atoms with Crippen molar-refractivity contribution < 1.29 is 9.59 Å². The maximum absolute atomic E-state index is 12.1. The molecule has 2 amide bonds. The van der Waals surface area contributed by atoms with E-state index in [1.54, 1.807) is 0 Å². The molecule has 4 nitrogen and oxygen atoms in total. The van der Waals surface area contributed by atoms with Gasteiger partial charge in [0, 0.05) is 28.5 Å². The van der Waals surface area contributed by atoms with E-state index in [4.69, 9.17) is 0 Å². The summed E-state index contributed by atoms with van der Waals surface area (Å²) in [7, 11) is 0. The van der Waals surface area contributed by atoms with E-state index in [-0.39, 0.29) is 11.8 Å². The standard InChI is InChI=1S/C19H21BrN2O2S/c1-12-8-18(13(2)7-17(12)20)25-11-19(24)21-10-15-5-4-6-16(9-15)22-14(3)23/h4-9H,10-11H2,1-3H3,(H,21,24)(H,22,23). The first-order valence-corrected chi connectivity index (χ1v) is 9.66. The minimum absolute atomic E-state index is 0.0186. The van der Waals surface area contributed by atoms with Crippen LogP contribution in [-0.2, 0) is 16.1 Å². The maximum Gasteiger partial charge on any atom is 0.230 e. The van der Waals surface area contributed by atoms with Gasteiger partial charge in [-0.2, -0.15) is 0 Å². The van der Waals surface area contributed by atoms with E-state index in [0.29, 0.717) is 12.3 Å². The molecule has 132 valence electrons. The fourth-order valence-electron chi connectivity index (χ4n) is 2.27. The number of rotatable bonds is 6. The quantitative estimate of drug-likeness (QED) is 0.679. The van der Waals surface area contributed by atoms with Gasteiger partial charge in [0.2, 0.25) is 11.8 Å². The highest BCUT2D eigenvalue weighted by molar-refractivity contribution is 9.10. The molecule has 0 aromatic heterocycles. The lowest BCUT2D eigenvalue weighted by molar-refractivity contribution is -0.118. The summed E-state index contributed by atoms with van der Waals surface area (Å²) in [4.78, 5) is 24.3. The molecule has 0 fully saturated rings. The van der Waals surface area contributed by atoms with E-state index in [1.807, 2.05) is 38.1 Å². The van der Waals surface area contributed by atoms with Crippen LogP contribution in [-0.4, -0.2) is 17.6 Å². The van der Waals surface area contributed by atoms with Crippen molar-refractivity contribution in [2.75, 3.05) is 11.1 Å². The molecule has 0 aliphatic carbocycles. The fraction of sp³-hybridized carbons (Fsp3) is 0.263. The van der Waals surface area contributed by atoms with Gasteiger partial charge < -0.3 is 10.6 Å². The number of carbonyl (C=O) groups excluding carboxylic acids is 2. The van der Waals surface area contributed by atoms with Gasteiger partial charge in [-0.1, -0.05) is 28.1 Å². The molecule has 6 heteroatoms. The Kier molecular flexibility index (Phi) is 7.08. The van der Waals surface area contributed by atoms with Crippen molar-refractivity contribution in [2.24, 2.45) is 0 Å². The highest BCUT2D eigenvalue weighted by Gasteiger charge is 2.07. The summed E-state index contributed by atoms with van der Waals surface area (Å²) >= 11 is 5.05. The van der Waals surface area contributed by atoms with Crippen molar-refractivity contribution in [2.45, 2.75) is 32.2 Å². The molecule has 0 bridgehead atoms. The number of aryl methyl sites for hydroxylation is 2. The van der Waals surface area contributed by atoms with E-state index in [1.165, 1.54) is 18.7 Å². The molecule has 0 spiro atoms. The molecule has 0 saturated heterocycles. The van der Waals surface area contributed by atoms with Crippen molar-refractivity contribution in [1.29, 1.82) is 0 Å². The molecular weight excluding hydrogens is 400 g/mol. The van der Waals surface area contributed by atoms with Crippen LogP contribution < -0.4 is 10.6 Å². The molecule has 0 aliphatic rings. The summed E-state index contributed by atoms with van der Waals surface area (Å²) in [6.07, 6.45) is 0. The second-order valence-corrected chi connectivity index (χ2v) is 7.69. The van der Waals surface area contributed by atoms with Crippen molar-refractivity contribution in [1.82, 2.24) is 5.32 Å². The molecule has 2 aromatic carbocycles. The Morgan fingerprint density at radius 3 is 2.60 bits per heavy atom. The molecule has 2 aromatic rings. The largest absolute Gasteiger partial charge is 0.351 e. The number of carbonyl (C=O) groups is 2. The molecule has 0 saturated carbocycles. The van der Waals surface area contributed by atoms with Crippen molar-refractivity contribution in [3.05, 3.63) is 57.6 Å². The zero-order valence-electron chi connectivity index (χ0n) is 14.5. The van der Waals surface area contributed by atoms with Crippen molar-refractivity contribution >= 4 is 45.2 Å². The maximum atomic E-state index is 12.1. The second-order valence-electron chi connectivity index (χ2n) is 5.81. The van der Waals surface area contributed by atoms with Crippen LogP contribution in [0.15, 0.2) is 45.8 Å². The van der Waals surface area contributed by atoms with Crippen molar-refractivity contribution in [3.8, 4) is 0 Å². The Labute approximate surface area is 160 Å². The van der Waals surface area contributed by atoms with Crippen LogP contribution in [0.1, 0.15) is 23.6 Å². The van der Waals surface area contributed by atoms with Crippen LogP contribution in [0.2, 0.25) is 0 Å². The average molecular weight is 421 g/mol. The number of nitrogens with one attached hydrogen (secondary N) is 2. The Morgan fingerprint density at radius 2 is 1.88 bits per heavy atom. The lowest BCUT2D eigenvalue weighted by Crippen LogP contribution is -2.24. The van der Waals surface area contributed by atoms with Gasteiger partial charge in [-0.05, 0) is 54.8 Å². The molecule has 0 atom stereocenters. The fourth-order valence-corrected chi connectivity index (χ4v) is 3.66. The number of amides is 2. The zero-order chi connectivity index (χ0) is 18.4. The smallest absolute Gasteiger partial charge is 0.230 e. The summed E-state index contributed by atoms with van der Waals surface area (Å²) < 4.78 is 1.08. The summed E-state index contributed by atoms with van der Waals surface area (Å²) in [5, 5.41) is 5.65. The number of thioether (sulfide) groups is 1. The average Bonchev–Trinajstić information content (AvgIpc) is 2.55. The van der Waals surface area contributed by atoms with Gasteiger partial charge in [0.15, 0.2) is 0 Å². The third kappa shape index (κ3) is 6.21. The van der Waals surface area contributed by atoms with E-state index < -0.39 is 0 Å². The topological polar surface area (TPSA) is 58.2 Å². The lowest BCUT2D eigenvalue weighted by atomic mass is 10.2. The van der Waals surface area contributed by atoms with E-state index in [9.17, 15) is 9.59 Å². The first-order valence-electron chi connectivity index (χ1n) is 7.88. The zero-order valence-corrected chi connectivity index (χ0v) is 16.9. The van der Waals surface area contributed by atoms with Gasteiger partial charge >= 0.3 is 0 Å². The van der Waals surface area contributed by atoms with E-state index >= 15 is 0 Å². The summed E-state index contributed by atoms with van der Waals surface area (Å²) in [6.45, 7) is 5.98. The molecule has 2 N–H and O–H groups in total. The second kappa shape index (κ2) is 9.06. The summed E-state index contributed by atoms with van der Waals surface area (Å²) in [6, 6.07) is 11.6. The van der Waals surface area contributed by atoms with E-state index in [2.05, 4.69) is 38.7 Å². The molecule has 0 radical (unpaired) electrons. The van der Waals surface area contributed by atoms with Gasteiger partial charge in [-0.3, -0.25) is 9.59 Å². The predicted molar refractivity (Wildman–Crippen MR) is 107 cm³/mol. The minimum atomic E-state index is -0.113. The summed E-state index contributed by atoms with van der Waals surface area (Å²) in [5.74, 6) is 0.237. The minimum Gasteiger partial charge on any atom is -0.351 e. The highest BCUT2D eigenvalue weighted by atomic mass is 79.9. The molecule has 0 aliphatic heterocycles. The molecular formula is C19H21BrN2O2S. The molecule has 25 heavy (non-hydrogen) atoms. The third-order valence-electron chi connectivity index (χ3n) is 3.55. The van der Waals surface area contributed by atoms with Gasteiger partial charge in [-0.15, -0.1) is 11.8 Å². The first kappa shape index (κ1) is 19.5. The Balaban J connectivity index is 1.87. The van der Waals surface area contributed by atoms with E-state index in [0.717, 1.165) is 31.7 Å². The van der Waals surface area contributed by atoms with Crippen LogP contribution in [0.25, 0.3) is 0 Å². The van der Waals surface area contributed by atoms with Crippen molar-refractivity contribution in [3.63, 3.8) is 0 Å². The van der Waals surface area contributed by atoms with Crippen LogP contribution in [0.5, 0.6) is 0 Å². The number of halogens is 1. The number of benzene rings is 2. The SMILES string of the molecule is CC(=O)Nc1cccc(CNC(=O)CSc2cc(C)c(Br)cc2C)c1. The number of anilines is 1. The van der Waals surface area contributed by atoms with Crippen LogP contribution in [0, 0.1) is 13.8 Å². The number of hydrogen-bond donors (Lipinski definition) is 2. The van der Waals surface area contributed by atoms with Crippen LogP contribution in [0.3, 0.4) is 0 Å². The first-order chi connectivity index (χ1) is 11.8. The van der Waals surface area contributed by atoms with Gasteiger partial charge in [-0.25, -0.2) is 0 Å². The van der Waals surface area contributed by atoms with Gasteiger partial charge in [0.1, 0.15) is 0 Å². The monoisotopic (exact) mass is 420 g/mol. The normalized spacial score (nSPS) is 10.4. The third-order valence-corrected chi connectivity index (χ3v) is 5.56. The summed E-state index contributed by atoms with van der Waals surface area (Å²) in [5.41, 5.74) is 3.98. The Morgan fingerprint density at radius 1 is 1.12 bits per heavy atom. The van der Waals surface area contributed by atoms with Crippen LogP contribution >= 0.6 is 27.7 Å². The van der Waals surface area contributed by atoms with Crippen LogP contribution in [0.4, 0.5) is 5.69 Å². The van der Waals surface area contributed by atoms with Gasteiger partial charge in [0.05, 0.1) is 5.75 Å². The Bertz CT molecular complexity index is 793. The molecule has 2 rings (SSSR count). The molecule has 0 unspecified atom stereocenters. The predicted octanol–water partition coefficient (Wildman–Crippen LogP) is 4.43. The van der Waals surface area contributed by atoms with Gasteiger partial charge in [0.25, 0.3) is 0 Å². The highest BCUT2D eigenvalue weighted by Crippen LogP contribution is 2.28. The number of hydrogen-bond acceptors (Lipinski definition) is 3.